The fourth-order valence-electron chi connectivity index (χ4n) is 3.66. The number of aliphatic hydroxyl groups is 1. The molecule has 0 aromatic heterocycles. The van der Waals surface area contributed by atoms with Crippen LogP contribution in [0.1, 0.15) is 19.0 Å². The number of aliphatic hydroxyl groups excluding tert-OH is 1. The van der Waals surface area contributed by atoms with Gasteiger partial charge >= 0.3 is 6.18 Å². The van der Waals surface area contributed by atoms with E-state index in [-0.39, 0.29) is 13.8 Å². The van der Waals surface area contributed by atoms with Crippen LogP contribution in [0.5, 0.6) is 5.75 Å². The first kappa shape index (κ1) is 24.2. The monoisotopic (exact) mass is 452 g/mol. The molecule has 1 fully saturated rings. The number of β-amino-alcohol motifs (C(OH)–C–C–N with tert-alkyl or cyclic N) is 1. The van der Waals surface area contributed by atoms with Crippen LogP contribution in [0.25, 0.3) is 0 Å². The molecule has 2 aromatic rings. The second-order valence-electron chi connectivity index (χ2n) is 8.09. The molecule has 1 saturated heterocycles. The molecule has 0 saturated carbocycles. The summed E-state index contributed by atoms with van der Waals surface area (Å²) in [5.74, 6) is 0.806. The first-order chi connectivity index (χ1) is 15.3. The molecule has 1 aliphatic rings. The number of ether oxygens (including phenoxy) is 1. The van der Waals surface area contributed by atoms with Gasteiger partial charge in [0.1, 0.15) is 24.2 Å². The molecule has 3 rings (SSSR count). The number of nitrogens with zero attached hydrogens (tertiary/aromatic N) is 2. The average Bonchev–Trinajstić information content (AvgIpc) is 2.78. The van der Waals surface area contributed by atoms with Crippen LogP contribution in [-0.2, 0) is 17.4 Å². The van der Waals surface area contributed by atoms with Crippen molar-refractivity contribution in [3.63, 3.8) is 0 Å². The van der Waals surface area contributed by atoms with Gasteiger partial charge in [0.25, 0.3) is 0 Å². The average molecular weight is 453 g/mol. The van der Waals surface area contributed by atoms with Gasteiger partial charge in [0, 0.05) is 40.6 Å². The molecule has 0 radical (unpaired) electrons. The molecule has 32 heavy (non-hydrogen) atoms. The minimum absolute atomic E-state index is 0. The Hall–Kier alpha value is -2.42. The maximum absolute atomic E-state index is 12.6. The number of carbonyl (C=O) groups is 1. The third-order valence-corrected chi connectivity index (χ3v) is 5.49. The SMILES string of the molecule is O=C(CCc1ccc(C(F)(F)F)cc1)CN1CCN(C[C@H](O)COc2ccccc2)CC1.[HH]. The van der Waals surface area contributed by atoms with Crippen molar-refractivity contribution < 1.29 is 29.2 Å². The van der Waals surface area contributed by atoms with E-state index in [4.69, 9.17) is 4.74 Å². The van der Waals surface area contributed by atoms with Gasteiger partial charge in [-0.3, -0.25) is 14.6 Å². The lowest BCUT2D eigenvalue weighted by Gasteiger charge is -2.35. The quantitative estimate of drug-likeness (QED) is 0.598. The lowest BCUT2D eigenvalue weighted by molar-refractivity contribution is -0.137. The van der Waals surface area contributed by atoms with Crippen molar-refractivity contribution in [2.75, 3.05) is 45.9 Å². The zero-order valence-corrected chi connectivity index (χ0v) is 17.9. The molecule has 0 amide bonds. The largest absolute Gasteiger partial charge is 0.491 e. The van der Waals surface area contributed by atoms with E-state index >= 15 is 0 Å². The molecule has 1 atom stereocenters. The number of aryl methyl sites for hydroxylation is 1. The molecule has 1 N–H and O–H groups in total. The Bertz CT molecular complexity index is 842. The second-order valence-corrected chi connectivity index (χ2v) is 8.09. The number of hydrogen-bond acceptors (Lipinski definition) is 5. The number of Topliss-reactive ketones (excluding diaryl/α,β-unsaturated/α-hetero) is 1. The molecule has 2 aromatic carbocycles. The summed E-state index contributed by atoms with van der Waals surface area (Å²) >= 11 is 0. The van der Waals surface area contributed by atoms with E-state index in [0.29, 0.717) is 25.9 Å². The molecular formula is C24H31F3N2O3. The molecule has 5 nitrogen and oxygen atoms in total. The smallest absolute Gasteiger partial charge is 0.416 e. The topological polar surface area (TPSA) is 53.0 Å². The van der Waals surface area contributed by atoms with Gasteiger partial charge in [-0.05, 0) is 36.2 Å². The Balaban J connectivity index is 0.00000385. The lowest BCUT2D eigenvalue weighted by atomic mass is 10.0. The highest BCUT2D eigenvalue weighted by atomic mass is 19.4. The van der Waals surface area contributed by atoms with Crippen molar-refractivity contribution in [1.82, 2.24) is 9.80 Å². The Kier molecular flexibility index (Phi) is 8.67. The van der Waals surface area contributed by atoms with Crippen LogP contribution in [-0.4, -0.2) is 72.7 Å². The minimum atomic E-state index is -4.35. The summed E-state index contributed by atoms with van der Waals surface area (Å²) in [4.78, 5) is 16.5. The maximum Gasteiger partial charge on any atom is 0.416 e. The highest BCUT2D eigenvalue weighted by molar-refractivity contribution is 5.80. The number of rotatable bonds is 10. The Morgan fingerprint density at radius 3 is 2.25 bits per heavy atom. The Morgan fingerprint density at radius 1 is 1.00 bits per heavy atom. The summed E-state index contributed by atoms with van der Waals surface area (Å²) in [6.07, 6.45) is -4.19. The van der Waals surface area contributed by atoms with Gasteiger partial charge in [-0.15, -0.1) is 0 Å². The predicted molar refractivity (Wildman–Crippen MR) is 118 cm³/mol. The Morgan fingerprint density at radius 2 is 1.62 bits per heavy atom. The van der Waals surface area contributed by atoms with Gasteiger partial charge in [-0.25, -0.2) is 0 Å². The van der Waals surface area contributed by atoms with E-state index in [0.717, 1.165) is 49.6 Å². The summed E-state index contributed by atoms with van der Waals surface area (Å²) in [7, 11) is 0. The van der Waals surface area contributed by atoms with E-state index in [2.05, 4.69) is 9.80 Å². The molecule has 0 unspecified atom stereocenters. The van der Waals surface area contributed by atoms with Gasteiger partial charge in [0.15, 0.2) is 0 Å². The zero-order chi connectivity index (χ0) is 23.0. The number of hydrogen-bond donors (Lipinski definition) is 1. The number of para-hydroxylation sites is 1. The number of carbonyl (C=O) groups excluding carboxylic acids is 1. The van der Waals surface area contributed by atoms with E-state index in [9.17, 15) is 23.1 Å². The highest BCUT2D eigenvalue weighted by Crippen LogP contribution is 2.29. The van der Waals surface area contributed by atoms with E-state index in [1.807, 2.05) is 30.3 Å². The lowest BCUT2D eigenvalue weighted by Crippen LogP contribution is -2.50. The predicted octanol–water partition coefficient (Wildman–Crippen LogP) is 3.51. The van der Waals surface area contributed by atoms with Crippen LogP contribution >= 0.6 is 0 Å². The van der Waals surface area contributed by atoms with E-state index in [1.165, 1.54) is 12.1 Å². The van der Waals surface area contributed by atoms with Gasteiger partial charge in [0.2, 0.25) is 0 Å². The standard InChI is InChI=1S/C24H29F3N2O3.H2/c25-24(26,27)20-9-6-19(7-10-20)8-11-21(30)16-28-12-14-29(15-13-28)17-22(31)18-32-23-4-2-1-3-5-23;/h1-7,9-10,22,31H,8,11-18H2;1H/t22-;/m0./s1. The molecule has 8 heteroatoms. The number of benzene rings is 2. The molecule has 1 heterocycles. The number of alkyl halides is 3. The van der Waals surface area contributed by atoms with Crippen molar-refractivity contribution in [2.24, 2.45) is 0 Å². The van der Waals surface area contributed by atoms with Crippen LogP contribution in [0.15, 0.2) is 54.6 Å². The van der Waals surface area contributed by atoms with Crippen molar-refractivity contribution in [1.29, 1.82) is 0 Å². The molecule has 0 spiro atoms. The van der Waals surface area contributed by atoms with Crippen molar-refractivity contribution in [2.45, 2.75) is 25.1 Å². The molecule has 176 valence electrons. The van der Waals surface area contributed by atoms with E-state index < -0.39 is 17.8 Å². The fraction of sp³-hybridized carbons (Fsp3) is 0.458. The van der Waals surface area contributed by atoms with Crippen LogP contribution in [0, 0.1) is 0 Å². The molecule has 0 aliphatic carbocycles. The number of halogens is 3. The summed E-state index contributed by atoms with van der Waals surface area (Å²) in [6, 6.07) is 14.3. The van der Waals surface area contributed by atoms with Crippen LogP contribution in [0.3, 0.4) is 0 Å². The zero-order valence-electron chi connectivity index (χ0n) is 17.9. The van der Waals surface area contributed by atoms with Crippen LogP contribution < -0.4 is 4.74 Å². The van der Waals surface area contributed by atoms with Crippen LogP contribution in [0.4, 0.5) is 13.2 Å². The van der Waals surface area contributed by atoms with Crippen molar-refractivity contribution in [3.8, 4) is 5.75 Å². The van der Waals surface area contributed by atoms with Gasteiger partial charge < -0.3 is 9.84 Å². The van der Waals surface area contributed by atoms with Gasteiger partial charge in [0.05, 0.1) is 12.1 Å². The summed E-state index contributed by atoms with van der Waals surface area (Å²) in [5.41, 5.74) is 0.0464. The Labute approximate surface area is 187 Å². The van der Waals surface area contributed by atoms with Crippen molar-refractivity contribution in [3.05, 3.63) is 65.7 Å². The summed E-state index contributed by atoms with van der Waals surface area (Å²) in [6.45, 7) is 4.07. The number of ketones is 1. The van der Waals surface area contributed by atoms with E-state index in [1.54, 1.807) is 0 Å². The normalized spacial score (nSPS) is 16.6. The first-order valence-corrected chi connectivity index (χ1v) is 10.8. The fourth-order valence-corrected chi connectivity index (χ4v) is 3.66. The molecular weight excluding hydrogens is 421 g/mol. The maximum atomic E-state index is 12.6. The minimum Gasteiger partial charge on any atom is -0.491 e. The molecule has 1 aliphatic heterocycles. The highest BCUT2D eigenvalue weighted by Gasteiger charge is 2.30. The van der Waals surface area contributed by atoms with Gasteiger partial charge in [-0.2, -0.15) is 13.2 Å². The molecule has 0 bridgehead atoms. The third-order valence-electron chi connectivity index (χ3n) is 5.49. The summed E-state index contributed by atoms with van der Waals surface area (Å²) in [5, 5.41) is 10.2. The van der Waals surface area contributed by atoms with Crippen molar-refractivity contribution >= 4 is 5.78 Å². The third kappa shape index (κ3) is 7.93. The van der Waals surface area contributed by atoms with Crippen LogP contribution in [0.2, 0.25) is 0 Å². The number of piperazine rings is 1. The summed E-state index contributed by atoms with van der Waals surface area (Å²) < 4.78 is 43.4. The second kappa shape index (κ2) is 11.4. The van der Waals surface area contributed by atoms with Gasteiger partial charge in [-0.1, -0.05) is 30.3 Å². The first-order valence-electron chi connectivity index (χ1n) is 10.8.